The lowest BCUT2D eigenvalue weighted by atomic mass is 10.1. The van der Waals surface area contributed by atoms with Crippen molar-refractivity contribution in [2.24, 2.45) is 5.92 Å². The molecule has 1 amide bonds. The number of nitrogens with one attached hydrogen (secondary N) is 1. The van der Waals surface area contributed by atoms with Crippen LogP contribution >= 0.6 is 0 Å². The molecule has 7 nitrogen and oxygen atoms in total. The number of nitro groups is 1. The lowest BCUT2D eigenvalue weighted by Crippen LogP contribution is -2.21. The Balaban J connectivity index is 1.97. The third-order valence-corrected chi connectivity index (χ3v) is 4.00. The van der Waals surface area contributed by atoms with Gasteiger partial charge in [0.15, 0.2) is 5.82 Å². The number of rotatable bonds is 4. The van der Waals surface area contributed by atoms with Gasteiger partial charge < -0.3 is 5.32 Å². The number of anilines is 1. The number of nitrogens with zero attached hydrogens (tertiary/aromatic N) is 3. The molecule has 0 aliphatic heterocycles. The van der Waals surface area contributed by atoms with Gasteiger partial charge in [-0.3, -0.25) is 14.9 Å². The molecule has 1 aromatic carbocycles. The Morgan fingerprint density at radius 2 is 2.13 bits per heavy atom. The Labute approximate surface area is 131 Å². The van der Waals surface area contributed by atoms with Gasteiger partial charge in [0.1, 0.15) is 11.4 Å². The second kappa shape index (κ2) is 6.15. The van der Waals surface area contributed by atoms with Crippen LogP contribution in [0.15, 0.2) is 30.6 Å². The summed E-state index contributed by atoms with van der Waals surface area (Å²) in [6.45, 7) is 0. The number of hydrogen-bond acceptors (Lipinski definition) is 4. The van der Waals surface area contributed by atoms with Crippen LogP contribution in [-0.4, -0.2) is 20.6 Å². The molecule has 0 radical (unpaired) electrons. The third-order valence-electron chi connectivity index (χ3n) is 4.00. The summed E-state index contributed by atoms with van der Waals surface area (Å²) in [5.41, 5.74) is -0.439. The van der Waals surface area contributed by atoms with Gasteiger partial charge in [-0.25, -0.2) is 9.07 Å². The summed E-state index contributed by atoms with van der Waals surface area (Å²) < 4.78 is 15.4. The van der Waals surface area contributed by atoms with E-state index >= 15 is 0 Å². The lowest BCUT2D eigenvalue weighted by Gasteiger charge is -2.12. The van der Waals surface area contributed by atoms with Gasteiger partial charge in [-0.15, -0.1) is 0 Å². The smallest absolute Gasteiger partial charge is 0.295 e. The summed E-state index contributed by atoms with van der Waals surface area (Å²) in [6, 6.07) is 3.66. The van der Waals surface area contributed by atoms with Crippen LogP contribution < -0.4 is 5.32 Å². The van der Waals surface area contributed by atoms with E-state index in [1.54, 1.807) is 6.07 Å². The molecular formula is C15H15FN4O3. The predicted octanol–water partition coefficient (Wildman–Crippen LogP) is 3.05. The van der Waals surface area contributed by atoms with Gasteiger partial charge in [0.2, 0.25) is 5.91 Å². The van der Waals surface area contributed by atoms with Gasteiger partial charge in [0, 0.05) is 18.3 Å². The van der Waals surface area contributed by atoms with E-state index in [1.165, 1.54) is 23.1 Å². The van der Waals surface area contributed by atoms with Crippen molar-refractivity contribution in [3.63, 3.8) is 0 Å². The topological polar surface area (TPSA) is 90.1 Å². The van der Waals surface area contributed by atoms with Crippen molar-refractivity contribution in [2.75, 3.05) is 5.32 Å². The van der Waals surface area contributed by atoms with Crippen molar-refractivity contribution in [1.82, 2.24) is 9.78 Å². The summed E-state index contributed by atoms with van der Waals surface area (Å²) in [5, 5.41) is 17.6. The first-order valence-electron chi connectivity index (χ1n) is 7.35. The van der Waals surface area contributed by atoms with Crippen molar-refractivity contribution >= 4 is 17.3 Å². The Morgan fingerprint density at radius 3 is 2.74 bits per heavy atom. The number of nitro benzene ring substituents is 1. The zero-order valence-corrected chi connectivity index (χ0v) is 12.2. The molecule has 1 heterocycles. The molecular weight excluding hydrogens is 303 g/mol. The fraction of sp³-hybridized carbons (Fsp3) is 0.333. The molecule has 2 aromatic rings. The van der Waals surface area contributed by atoms with Crippen LogP contribution in [0, 0.1) is 21.8 Å². The van der Waals surface area contributed by atoms with E-state index < -0.39 is 16.4 Å². The van der Waals surface area contributed by atoms with Crippen LogP contribution in [0.5, 0.6) is 0 Å². The van der Waals surface area contributed by atoms with Crippen LogP contribution in [0.1, 0.15) is 25.7 Å². The summed E-state index contributed by atoms with van der Waals surface area (Å²) in [7, 11) is 0. The quantitative estimate of drug-likeness (QED) is 0.693. The fourth-order valence-corrected chi connectivity index (χ4v) is 2.81. The Morgan fingerprint density at radius 1 is 1.39 bits per heavy atom. The monoisotopic (exact) mass is 318 g/mol. The number of amides is 1. The molecule has 3 rings (SSSR count). The first kappa shape index (κ1) is 15.1. The first-order chi connectivity index (χ1) is 11.1. The summed E-state index contributed by atoms with van der Waals surface area (Å²) >= 11 is 0. The van der Waals surface area contributed by atoms with Crippen molar-refractivity contribution < 1.29 is 14.1 Å². The number of carbonyl (C=O) groups is 1. The lowest BCUT2D eigenvalue weighted by molar-refractivity contribution is -0.384. The van der Waals surface area contributed by atoms with Gasteiger partial charge in [-0.1, -0.05) is 12.8 Å². The summed E-state index contributed by atoms with van der Waals surface area (Å²) in [4.78, 5) is 22.7. The third kappa shape index (κ3) is 3.05. The van der Waals surface area contributed by atoms with Gasteiger partial charge in [-0.2, -0.15) is 5.10 Å². The molecule has 1 aromatic heterocycles. The number of benzene rings is 1. The van der Waals surface area contributed by atoms with Crippen molar-refractivity contribution in [3.8, 4) is 5.69 Å². The molecule has 8 heteroatoms. The maximum absolute atomic E-state index is 14.1. The minimum atomic E-state index is -0.778. The highest BCUT2D eigenvalue weighted by atomic mass is 19.1. The molecule has 23 heavy (non-hydrogen) atoms. The molecule has 120 valence electrons. The van der Waals surface area contributed by atoms with Gasteiger partial charge in [0.05, 0.1) is 11.0 Å². The first-order valence-corrected chi connectivity index (χ1v) is 7.35. The van der Waals surface area contributed by atoms with Crippen LogP contribution in [0.2, 0.25) is 0 Å². The van der Waals surface area contributed by atoms with Crippen LogP contribution in [0.25, 0.3) is 5.69 Å². The molecule has 0 atom stereocenters. The highest BCUT2D eigenvalue weighted by Crippen LogP contribution is 2.32. The zero-order chi connectivity index (χ0) is 16.4. The highest BCUT2D eigenvalue weighted by molar-refractivity contribution is 5.95. The molecule has 1 saturated carbocycles. The maximum atomic E-state index is 14.1. The van der Waals surface area contributed by atoms with E-state index in [2.05, 4.69) is 10.4 Å². The molecule has 0 bridgehead atoms. The number of hydrogen-bond donors (Lipinski definition) is 1. The minimum Gasteiger partial charge on any atom is -0.320 e. The van der Waals surface area contributed by atoms with E-state index in [-0.39, 0.29) is 23.2 Å². The van der Waals surface area contributed by atoms with Crippen molar-refractivity contribution in [3.05, 3.63) is 46.5 Å². The number of aromatic nitrogens is 2. The van der Waals surface area contributed by atoms with Crippen LogP contribution in [0.4, 0.5) is 15.8 Å². The Bertz CT molecular complexity index is 739. The molecule has 1 N–H and O–H groups in total. The largest absolute Gasteiger partial charge is 0.320 e. The number of carbonyl (C=O) groups excluding carboxylic acids is 1. The SMILES string of the molecule is O=C(Nc1cc(-n2cccn2)c(F)cc1[N+](=O)[O-])C1CCCC1. The van der Waals surface area contributed by atoms with Gasteiger partial charge in [-0.05, 0) is 25.0 Å². The van der Waals surface area contributed by atoms with E-state index in [0.29, 0.717) is 0 Å². The maximum Gasteiger partial charge on any atom is 0.295 e. The van der Waals surface area contributed by atoms with Gasteiger partial charge >= 0.3 is 0 Å². The molecule has 1 aliphatic carbocycles. The standard InChI is InChI=1S/C15H15FN4O3/c16-11-8-14(20(22)23)12(9-13(11)19-7-3-6-17-19)18-15(21)10-4-1-2-5-10/h3,6-10H,1-2,4-5H2,(H,18,21). The highest BCUT2D eigenvalue weighted by Gasteiger charge is 2.26. The van der Waals surface area contributed by atoms with E-state index in [0.717, 1.165) is 31.7 Å². The predicted molar refractivity (Wildman–Crippen MR) is 80.8 cm³/mol. The van der Waals surface area contributed by atoms with Crippen LogP contribution in [-0.2, 0) is 4.79 Å². The van der Waals surface area contributed by atoms with E-state index in [9.17, 15) is 19.3 Å². The number of halogens is 1. The summed E-state index contributed by atoms with van der Waals surface area (Å²) in [6.07, 6.45) is 6.48. The second-order valence-electron chi connectivity index (χ2n) is 5.50. The molecule has 1 aliphatic rings. The van der Waals surface area contributed by atoms with Gasteiger partial charge in [0.25, 0.3) is 5.69 Å². The molecule has 0 saturated heterocycles. The molecule has 0 unspecified atom stereocenters. The van der Waals surface area contributed by atoms with E-state index in [1.807, 2.05) is 0 Å². The van der Waals surface area contributed by atoms with Crippen molar-refractivity contribution in [2.45, 2.75) is 25.7 Å². The normalized spacial score (nSPS) is 14.8. The van der Waals surface area contributed by atoms with Crippen LogP contribution in [0.3, 0.4) is 0 Å². The minimum absolute atomic E-state index is 0.0150. The van der Waals surface area contributed by atoms with E-state index in [4.69, 9.17) is 0 Å². The Kier molecular flexibility index (Phi) is 4.05. The average molecular weight is 318 g/mol. The molecule has 1 fully saturated rings. The zero-order valence-electron chi connectivity index (χ0n) is 12.2. The Hall–Kier alpha value is -2.77. The van der Waals surface area contributed by atoms with Crippen molar-refractivity contribution in [1.29, 1.82) is 0 Å². The molecule has 0 spiro atoms. The fourth-order valence-electron chi connectivity index (χ4n) is 2.81. The average Bonchev–Trinajstić information content (AvgIpc) is 3.21. The summed E-state index contributed by atoms with van der Waals surface area (Å²) in [5.74, 6) is -1.18. The second-order valence-corrected chi connectivity index (χ2v) is 5.50.